The quantitative estimate of drug-likeness (QED) is 0.758. The van der Waals surface area contributed by atoms with Crippen LogP contribution in [0.2, 0.25) is 0 Å². The lowest BCUT2D eigenvalue weighted by atomic mass is 10.1. The third-order valence-corrected chi connectivity index (χ3v) is 3.80. The van der Waals surface area contributed by atoms with E-state index in [1.807, 2.05) is 30.3 Å². The molecule has 0 saturated carbocycles. The highest BCUT2D eigenvalue weighted by Crippen LogP contribution is 2.11. The lowest BCUT2D eigenvalue weighted by molar-refractivity contribution is 0.0743. The van der Waals surface area contributed by atoms with Crippen LogP contribution in [-0.4, -0.2) is 54.9 Å². The average Bonchev–Trinajstić information content (AvgIpc) is 2.42. The van der Waals surface area contributed by atoms with Crippen molar-refractivity contribution >= 4 is 5.78 Å². The number of hydrogen-bond acceptors (Lipinski definition) is 3. The molecule has 0 N–H and O–H groups in total. The summed E-state index contributed by atoms with van der Waals surface area (Å²) in [5, 5.41) is 0. The smallest absolute Gasteiger partial charge is 0.176 e. The molecule has 1 saturated heterocycles. The van der Waals surface area contributed by atoms with E-state index in [1.165, 1.54) is 0 Å². The molecule has 1 fully saturated rings. The highest BCUT2D eigenvalue weighted by molar-refractivity contribution is 5.97. The Labute approximate surface area is 109 Å². The molecule has 0 aromatic heterocycles. The first-order valence-electron chi connectivity index (χ1n) is 6.71. The summed E-state index contributed by atoms with van der Waals surface area (Å²) in [7, 11) is 2.17. The number of rotatable bonds is 4. The Balaban J connectivity index is 1.92. The molecule has 0 bridgehead atoms. The summed E-state index contributed by atoms with van der Waals surface area (Å²) in [6.45, 7) is 5.82. The molecule has 0 radical (unpaired) electrons. The summed E-state index contributed by atoms with van der Waals surface area (Å²) in [6.07, 6.45) is 1.15. The van der Waals surface area contributed by atoms with Gasteiger partial charge in [0.15, 0.2) is 5.78 Å². The second kappa shape index (κ2) is 6.12. The van der Waals surface area contributed by atoms with Crippen molar-refractivity contribution in [2.75, 3.05) is 33.2 Å². The summed E-state index contributed by atoms with van der Waals surface area (Å²) >= 11 is 0. The highest BCUT2D eigenvalue weighted by atomic mass is 16.1. The lowest BCUT2D eigenvalue weighted by Gasteiger charge is -2.38. The number of ketones is 1. The van der Waals surface area contributed by atoms with Gasteiger partial charge in [0.25, 0.3) is 0 Å². The van der Waals surface area contributed by atoms with E-state index in [0.29, 0.717) is 12.6 Å². The second-order valence-corrected chi connectivity index (χ2v) is 5.07. The molecule has 3 nitrogen and oxygen atoms in total. The van der Waals surface area contributed by atoms with Gasteiger partial charge in [0.05, 0.1) is 6.54 Å². The fourth-order valence-corrected chi connectivity index (χ4v) is 2.51. The van der Waals surface area contributed by atoms with Gasteiger partial charge in [-0.25, -0.2) is 0 Å². The van der Waals surface area contributed by atoms with Crippen LogP contribution in [0.1, 0.15) is 23.7 Å². The van der Waals surface area contributed by atoms with Gasteiger partial charge in [0.1, 0.15) is 0 Å². The second-order valence-electron chi connectivity index (χ2n) is 5.07. The van der Waals surface area contributed by atoms with Gasteiger partial charge in [0.2, 0.25) is 0 Å². The van der Waals surface area contributed by atoms with Crippen LogP contribution in [0, 0.1) is 0 Å². The molecule has 1 aliphatic heterocycles. The number of likely N-dealkylation sites (N-methyl/N-ethyl adjacent to an activating group) is 1. The fraction of sp³-hybridized carbons (Fsp3) is 0.533. The van der Waals surface area contributed by atoms with Crippen LogP contribution < -0.4 is 0 Å². The Bertz CT molecular complexity index is 391. The molecular formula is C15H22N2O. The largest absolute Gasteiger partial charge is 0.301 e. The first kappa shape index (κ1) is 13.2. The van der Waals surface area contributed by atoms with Crippen molar-refractivity contribution in [1.82, 2.24) is 9.80 Å². The Morgan fingerprint density at radius 3 is 2.67 bits per heavy atom. The molecule has 1 unspecified atom stereocenters. The number of nitrogens with zero attached hydrogens (tertiary/aromatic N) is 2. The minimum Gasteiger partial charge on any atom is -0.301 e. The Kier molecular flexibility index (Phi) is 4.50. The van der Waals surface area contributed by atoms with E-state index in [0.717, 1.165) is 31.6 Å². The van der Waals surface area contributed by atoms with Crippen molar-refractivity contribution in [3.63, 3.8) is 0 Å². The monoisotopic (exact) mass is 246 g/mol. The van der Waals surface area contributed by atoms with Gasteiger partial charge >= 0.3 is 0 Å². The average molecular weight is 246 g/mol. The molecule has 1 heterocycles. The van der Waals surface area contributed by atoms with Crippen molar-refractivity contribution in [3.8, 4) is 0 Å². The first-order valence-corrected chi connectivity index (χ1v) is 6.71. The van der Waals surface area contributed by atoms with Crippen molar-refractivity contribution in [2.24, 2.45) is 0 Å². The summed E-state index contributed by atoms with van der Waals surface area (Å²) in [5.74, 6) is 0.231. The minimum absolute atomic E-state index is 0.231. The summed E-state index contributed by atoms with van der Waals surface area (Å²) in [5.41, 5.74) is 0.824. The molecule has 2 rings (SSSR count). The summed E-state index contributed by atoms with van der Waals surface area (Å²) in [6, 6.07) is 10.2. The maximum atomic E-state index is 12.1. The molecular weight excluding hydrogens is 224 g/mol. The maximum Gasteiger partial charge on any atom is 0.176 e. The van der Waals surface area contributed by atoms with E-state index < -0.39 is 0 Å². The van der Waals surface area contributed by atoms with E-state index in [9.17, 15) is 4.79 Å². The Hall–Kier alpha value is -1.19. The maximum absolute atomic E-state index is 12.1. The number of carbonyl (C=O) groups is 1. The predicted molar refractivity (Wildman–Crippen MR) is 73.9 cm³/mol. The molecule has 18 heavy (non-hydrogen) atoms. The van der Waals surface area contributed by atoms with Crippen LogP contribution in [0.15, 0.2) is 30.3 Å². The standard InChI is InChI=1S/C15H22N2O/c1-3-14-11-17(10-9-16(14)2)12-15(18)13-7-5-4-6-8-13/h4-8,14H,3,9-12H2,1-2H3. The number of carbonyl (C=O) groups excluding carboxylic acids is 1. The molecule has 0 spiro atoms. The predicted octanol–water partition coefficient (Wildman–Crippen LogP) is 1.90. The number of benzene rings is 1. The molecule has 3 heteroatoms. The first-order chi connectivity index (χ1) is 8.70. The van der Waals surface area contributed by atoms with Crippen LogP contribution in [0.3, 0.4) is 0 Å². The normalized spacial score (nSPS) is 22.0. The summed E-state index contributed by atoms with van der Waals surface area (Å²) in [4.78, 5) is 16.8. The number of Topliss-reactive ketones (excluding diaryl/α,β-unsaturated/α-hetero) is 1. The van der Waals surface area contributed by atoms with Gasteiger partial charge in [0, 0.05) is 31.2 Å². The van der Waals surface area contributed by atoms with Crippen molar-refractivity contribution < 1.29 is 4.79 Å². The van der Waals surface area contributed by atoms with E-state index in [-0.39, 0.29) is 5.78 Å². The van der Waals surface area contributed by atoms with E-state index in [2.05, 4.69) is 23.8 Å². The zero-order valence-electron chi connectivity index (χ0n) is 11.3. The van der Waals surface area contributed by atoms with Gasteiger partial charge in [-0.1, -0.05) is 37.3 Å². The zero-order chi connectivity index (χ0) is 13.0. The van der Waals surface area contributed by atoms with E-state index in [1.54, 1.807) is 0 Å². The molecule has 98 valence electrons. The van der Waals surface area contributed by atoms with E-state index in [4.69, 9.17) is 0 Å². The van der Waals surface area contributed by atoms with Crippen molar-refractivity contribution in [3.05, 3.63) is 35.9 Å². The van der Waals surface area contributed by atoms with Crippen LogP contribution in [0.5, 0.6) is 0 Å². The fourth-order valence-electron chi connectivity index (χ4n) is 2.51. The van der Waals surface area contributed by atoms with Crippen LogP contribution >= 0.6 is 0 Å². The molecule has 1 aromatic rings. The van der Waals surface area contributed by atoms with Gasteiger partial charge in [-0.3, -0.25) is 9.69 Å². The van der Waals surface area contributed by atoms with Gasteiger partial charge in [-0.15, -0.1) is 0 Å². The third kappa shape index (κ3) is 3.18. The molecule has 1 aliphatic rings. The van der Waals surface area contributed by atoms with Gasteiger partial charge in [-0.2, -0.15) is 0 Å². The third-order valence-electron chi connectivity index (χ3n) is 3.80. The topological polar surface area (TPSA) is 23.6 Å². The number of piperazine rings is 1. The minimum atomic E-state index is 0.231. The SMILES string of the molecule is CCC1CN(CC(=O)c2ccccc2)CCN1C. The van der Waals surface area contributed by atoms with E-state index >= 15 is 0 Å². The van der Waals surface area contributed by atoms with Gasteiger partial charge < -0.3 is 4.90 Å². The molecule has 0 amide bonds. The van der Waals surface area contributed by atoms with Crippen molar-refractivity contribution in [2.45, 2.75) is 19.4 Å². The zero-order valence-corrected chi connectivity index (χ0v) is 11.3. The van der Waals surface area contributed by atoms with Crippen LogP contribution in [0.4, 0.5) is 0 Å². The van der Waals surface area contributed by atoms with Crippen LogP contribution in [-0.2, 0) is 0 Å². The molecule has 1 aromatic carbocycles. The van der Waals surface area contributed by atoms with Crippen molar-refractivity contribution in [1.29, 1.82) is 0 Å². The molecule has 1 atom stereocenters. The highest BCUT2D eigenvalue weighted by Gasteiger charge is 2.24. The summed E-state index contributed by atoms with van der Waals surface area (Å²) < 4.78 is 0. The van der Waals surface area contributed by atoms with Crippen LogP contribution in [0.25, 0.3) is 0 Å². The lowest BCUT2D eigenvalue weighted by Crippen LogP contribution is -2.52. The Morgan fingerprint density at radius 1 is 1.28 bits per heavy atom. The molecule has 0 aliphatic carbocycles. The Morgan fingerprint density at radius 2 is 2.00 bits per heavy atom. The van der Waals surface area contributed by atoms with Gasteiger partial charge in [-0.05, 0) is 13.5 Å². The number of hydrogen-bond donors (Lipinski definition) is 0.